The molecule has 0 saturated carbocycles. The van der Waals surface area contributed by atoms with Crippen LogP contribution in [0.2, 0.25) is 0 Å². The first kappa shape index (κ1) is 14.5. The molecule has 5 nitrogen and oxygen atoms in total. The molecular formula is C10H11F2NO4S. The molecule has 0 unspecified atom stereocenters. The van der Waals surface area contributed by atoms with Crippen molar-refractivity contribution in [3.8, 4) is 0 Å². The van der Waals surface area contributed by atoms with E-state index in [2.05, 4.69) is 0 Å². The summed E-state index contributed by atoms with van der Waals surface area (Å²) < 4.78 is 51.8. The Bertz CT molecular complexity index is 571. The third-order valence-electron chi connectivity index (χ3n) is 2.07. The van der Waals surface area contributed by atoms with E-state index in [0.717, 1.165) is 0 Å². The fourth-order valence-electron chi connectivity index (χ4n) is 1.20. The minimum atomic E-state index is -4.26. The maximum absolute atomic E-state index is 13.4. The molecule has 0 atom stereocenters. The van der Waals surface area contributed by atoms with Gasteiger partial charge in [-0.25, -0.2) is 26.7 Å². The van der Waals surface area contributed by atoms with Gasteiger partial charge in [0.2, 0.25) is 10.0 Å². The first-order valence-electron chi connectivity index (χ1n) is 5.01. The average molecular weight is 279 g/mol. The Morgan fingerprint density at radius 2 is 2.00 bits per heavy atom. The highest BCUT2D eigenvalue weighted by Gasteiger charge is 2.24. The van der Waals surface area contributed by atoms with E-state index in [4.69, 9.17) is 5.11 Å². The van der Waals surface area contributed by atoms with Crippen LogP contribution in [0, 0.1) is 11.6 Å². The first-order chi connectivity index (χ1) is 8.29. The monoisotopic (exact) mass is 279 g/mol. The Kier molecular flexibility index (Phi) is 4.36. The molecule has 1 aromatic rings. The number of aromatic carboxylic acids is 1. The molecule has 0 aliphatic carbocycles. The van der Waals surface area contributed by atoms with Crippen LogP contribution in [0.1, 0.15) is 23.7 Å². The normalized spacial score (nSPS) is 11.5. The van der Waals surface area contributed by atoms with Gasteiger partial charge in [0.1, 0.15) is 4.90 Å². The zero-order chi connectivity index (χ0) is 13.9. The van der Waals surface area contributed by atoms with Gasteiger partial charge >= 0.3 is 5.97 Å². The molecule has 0 fully saturated rings. The number of nitrogens with one attached hydrogen (secondary N) is 1. The van der Waals surface area contributed by atoms with Crippen molar-refractivity contribution in [2.45, 2.75) is 18.2 Å². The Hall–Kier alpha value is -1.54. The molecule has 100 valence electrons. The lowest BCUT2D eigenvalue weighted by molar-refractivity contribution is 0.0696. The number of sulfonamides is 1. The Labute approximate surface area is 102 Å². The molecule has 0 amide bonds. The summed E-state index contributed by atoms with van der Waals surface area (Å²) in [6.45, 7) is 1.73. The van der Waals surface area contributed by atoms with Crippen LogP contribution in [0.15, 0.2) is 17.0 Å². The molecule has 0 bridgehead atoms. The molecule has 1 aromatic carbocycles. The van der Waals surface area contributed by atoms with Gasteiger partial charge in [-0.3, -0.25) is 0 Å². The van der Waals surface area contributed by atoms with Crippen molar-refractivity contribution in [1.29, 1.82) is 0 Å². The Morgan fingerprint density at radius 3 is 2.50 bits per heavy atom. The fourth-order valence-corrected chi connectivity index (χ4v) is 2.44. The van der Waals surface area contributed by atoms with E-state index >= 15 is 0 Å². The summed E-state index contributed by atoms with van der Waals surface area (Å²) in [5.74, 6) is -4.66. The van der Waals surface area contributed by atoms with E-state index in [0.29, 0.717) is 18.6 Å². The zero-order valence-electron chi connectivity index (χ0n) is 9.41. The summed E-state index contributed by atoms with van der Waals surface area (Å²) in [5.41, 5.74) is -0.634. The molecule has 2 N–H and O–H groups in total. The summed E-state index contributed by atoms with van der Waals surface area (Å²) in [6, 6.07) is 1.01. The van der Waals surface area contributed by atoms with E-state index in [-0.39, 0.29) is 6.54 Å². The van der Waals surface area contributed by atoms with Crippen LogP contribution < -0.4 is 4.72 Å². The molecule has 0 radical (unpaired) electrons. The van der Waals surface area contributed by atoms with Gasteiger partial charge in [-0.05, 0) is 18.6 Å². The number of carboxylic acids is 1. The highest BCUT2D eigenvalue weighted by molar-refractivity contribution is 7.89. The predicted octanol–water partition coefficient (Wildman–Crippen LogP) is 1.35. The summed E-state index contributed by atoms with van der Waals surface area (Å²) in [5, 5.41) is 8.66. The van der Waals surface area contributed by atoms with Gasteiger partial charge in [0.05, 0.1) is 5.56 Å². The van der Waals surface area contributed by atoms with Crippen molar-refractivity contribution in [2.75, 3.05) is 6.54 Å². The molecule has 8 heteroatoms. The van der Waals surface area contributed by atoms with Gasteiger partial charge in [-0.1, -0.05) is 6.92 Å². The molecule has 0 aliphatic rings. The average Bonchev–Trinajstić information content (AvgIpc) is 2.29. The molecule has 0 aromatic heterocycles. The molecule has 0 saturated heterocycles. The van der Waals surface area contributed by atoms with Gasteiger partial charge in [0.25, 0.3) is 0 Å². The van der Waals surface area contributed by atoms with Crippen molar-refractivity contribution in [3.63, 3.8) is 0 Å². The number of hydrogen-bond acceptors (Lipinski definition) is 3. The van der Waals surface area contributed by atoms with Crippen molar-refractivity contribution in [1.82, 2.24) is 4.72 Å². The van der Waals surface area contributed by atoms with Gasteiger partial charge < -0.3 is 5.11 Å². The van der Waals surface area contributed by atoms with Crippen LogP contribution in [0.4, 0.5) is 8.78 Å². The van der Waals surface area contributed by atoms with Crippen molar-refractivity contribution in [2.24, 2.45) is 0 Å². The fraction of sp³-hybridized carbons (Fsp3) is 0.300. The molecule has 0 spiro atoms. The standard InChI is InChI=1S/C10H11F2NO4S/c1-2-3-13-18(16,17)8-5-6(10(14)15)4-7(11)9(8)12/h4-5,13H,2-3H2,1H3,(H,14,15). The third kappa shape index (κ3) is 3.02. The van der Waals surface area contributed by atoms with E-state index < -0.39 is 38.1 Å². The molecule has 0 heterocycles. The topological polar surface area (TPSA) is 83.5 Å². The second-order valence-electron chi connectivity index (χ2n) is 3.47. The molecule has 1 rings (SSSR count). The summed E-state index contributed by atoms with van der Waals surface area (Å²) >= 11 is 0. The van der Waals surface area contributed by atoms with Crippen LogP contribution in [0.25, 0.3) is 0 Å². The smallest absolute Gasteiger partial charge is 0.335 e. The van der Waals surface area contributed by atoms with E-state index in [1.807, 2.05) is 4.72 Å². The summed E-state index contributed by atoms with van der Waals surface area (Å²) in [7, 11) is -4.26. The number of carboxylic acid groups (broad SMARTS) is 1. The van der Waals surface area contributed by atoms with Gasteiger partial charge in [0, 0.05) is 6.54 Å². The lowest BCUT2D eigenvalue weighted by atomic mass is 10.2. The largest absolute Gasteiger partial charge is 0.478 e. The SMILES string of the molecule is CCCNS(=O)(=O)c1cc(C(=O)O)cc(F)c1F. The minimum Gasteiger partial charge on any atom is -0.478 e. The number of rotatable bonds is 5. The zero-order valence-corrected chi connectivity index (χ0v) is 10.2. The quantitative estimate of drug-likeness (QED) is 0.852. The molecule has 18 heavy (non-hydrogen) atoms. The maximum Gasteiger partial charge on any atom is 0.335 e. The van der Waals surface area contributed by atoms with Crippen molar-refractivity contribution in [3.05, 3.63) is 29.3 Å². The van der Waals surface area contributed by atoms with E-state index in [1.54, 1.807) is 6.92 Å². The van der Waals surface area contributed by atoms with Crippen molar-refractivity contribution < 1.29 is 27.1 Å². The lowest BCUT2D eigenvalue weighted by Crippen LogP contribution is -2.26. The predicted molar refractivity (Wildman–Crippen MR) is 58.8 cm³/mol. The molecule has 0 aliphatic heterocycles. The highest BCUT2D eigenvalue weighted by atomic mass is 32.2. The van der Waals surface area contributed by atoms with Gasteiger partial charge in [-0.2, -0.15) is 0 Å². The van der Waals surface area contributed by atoms with Crippen molar-refractivity contribution >= 4 is 16.0 Å². The van der Waals surface area contributed by atoms with Crippen LogP contribution in [-0.4, -0.2) is 26.0 Å². The van der Waals surface area contributed by atoms with Crippen LogP contribution in [0.3, 0.4) is 0 Å². The highest BCUT2D eigenvalue weighted by Crippen LogP contribution is 2.19. The minimum absolute atomic E-state index is 0.0424. The van der Waals surface area contributed by atoms with Crippen LogP contribution in [0.5, 0.6) is 0 Å². The lowest BCUT2D eigenvalue weighted by Gasteiger charge is -2.08. The maximum atomic E-state index is 13.4. The Morgan fingerprint density at radius 1 is 1.39 bits per heavy atom. The van der Waals surface area contributed by atoms with Crippen LogP contribution >= 0.6 is 0 Å². The first-order valence-corrected chi connectivity index (χ1v) is 6.50. The Balaban J connectivity index is 3.35. The number of halogens is 2. The number of carbonyl (C=O) groups is 1. The second kappa shape index (κ2) is 5.40. The summed E-state index contributed by atoms with van der Waals surface area (Å²) in [4.78, 5) is 9.65. The molecular weight excluding hydrogens is 268 g/mol. The second-order valence-corrected chi connectivity index (χ2v) is 5.21. The van der Waals surface area contributed by atoms with E-state index in [9.17, 15) is 22.0 Å². The number of hydrogen-bond donors (Lipinski definition) is 2. The van der Waals surface area contributed by atoms with Gasteiger partial charge in [-0.15, -0.1) is 0 Å². The van der Waals surface area contributed by atoms with E-state index in [1.165, 1.54) is 0 Å². The van der Waals surface area contributed by atoms with Gasteiger partial charge in [0.15, 0.2) is 11.6 Å². The third-order valence-corrected chi connectivity index (χ3v) is 3.53. The van der Waals surface area contributed by atoms with Crippen LogP contribution in [-0.2, 0) is 10.0 Å². The number of benzene rings is 1. The summed E-state index contributed by atoms with van der Waals surface area (Å²) in [6.07, 6.45) is 0.460.